The van der Waals surface area contributed by atoms with E-state index >= 15 is 0 Å². The molecular formula is C15H20O2. The van der Waals surface area contributed by atoms with Crippen molar-refractivity contribution in [3.63, 3.8) is 0 Å². The molecule has 1 saturated carbocycles. The molecule has 1 aromatic heterocycles. The van der Waals surface area contributed by atoms with Gasteiger partial charge in [-0.3, -0.25) is 0 Å². The van der Waals surface area contributed by atoms with Crippen LogP contribution in [0.25, 0.3) is 6.08 Å². The lowest BCUT2D eigenvalue weighted by Gasteiger charge is -2.30. The second-order valence-corrected chi connectivity index (χ2v) is 6.70. The minimum absolute atomic E-state index is 0.296. The number of furan rings is 1. The molecule has 2 atom stereocenters. The summed E-state index contributed by atoms with van der Waals surface area (Å²) >= 11 is 0. The van der Waals surface area contributed by atoms with Crippen LogP contribution in [0.5, 0.6) is 0 Å². The van der Waals surface area contributed by atoms with Crippen molar-refractivity contribution in [2.24, 2.45) is 11.3 Å². The van der Waals surface area contributed by atoms with Gasteiger partial charge in [-0.1, -0.05) is 25.5 Å². The fourth-order valence-electron chi connectivity index (χ4n) is 3.51. The lowest BCUT2D eigenvalue weighted by molar-refractivity contribution is 0.0114. The van der Waals surface area contributed by atoms with Gasteiger partial charge in [0.15, 0.2) is 0 Å². The normalized spacial score (nSPS) is 34.8. The van der Waals surface area contributed by atoms with Crippen molar-refractivity contribution in [2.75, 3.05) is 0 Å². The Hall–Kier alpha value is -1.02. The first kappa shape index (κ1) is 11.1. The van der Waals surface area contributed by atoms with E-state index in [0.717, 1.165) is 24.0 Å². The molecule has 1 heterocycles. The Morgan fingerprint density at radius 3 is 2.76 bits per heavy atom. The van der Waals surface area contributed by atoms with Crippen molar-refractivity contribution in [2.45, 2.75) is 45.6 Å². The van der Waals surface area contributed by atoms with Crippen LogP contribution in [-0.4, -0.2) is 10.7 Å². The van der Waals surface area contributed by atoms with Gasteiger partial charge in [0.25, 0.3) is 0 Å². The Kier molecular flexibility index (Phi) is 2.13. The molecule has 2 unspecified atom stereocenters. The highest BCUT2D eigenvalue weighted by molar-refractivity contribution is 5.59. The number of hydrogen-bond acceptors (Lipinski definition) is 2. The molecule has 1 aromatic rings. The third kappa shape index (κ3) is 1.75. The van der Waals surface area contributed by atoms with E-state index in [9.17, 15) is 5.11 Å². The van der Waals surface area contributed by atoms with Gasteiger partial charge in [-0.2, -0.15) is 0 Å². The number of aliphatic hydroxyl groups is 1. The monoisotopic (exact) mass is 232 g/mol. The summed E-state index contributed by atoms with van der Waals surface area (Å²) in [5.41, 5.74) is 3.34. The van der Waals surface area contributed by atoms with Crippen LogP contribution in [0, 0.1) is 11.3 Å². The van der Waals surface area contributed by atoms with Gasteiger partial charge in [0.2, 0.25) is 0 Å². The maximum Gasteiger partial charge on any atom is 0.0977 e. The lowest BCUT2D eigenvalue weighted by atomic mass is 9.80. The first-order chi connectivity index (χ1) is 7.87. The SMILES string of the molecule is CC1(C)CC2=Cc3cocc3CC(C)(O)C2C1. The fourth-order valence-corrected chi connectivity index (χ4v) is 3.51. The van der Waals surface area contributed by atoms with Crippen LogP contribution in [0.15, 0.2) is 22.5 Å². The van der Waals surface area contributed by atoms with Gasteiger partial charge in [0.1, 0.15) is 0 Å². The molecule has 17 heavy (non-hydrogen) atoms. The van der Waals surface area contributed by atoms with Crippen LogP contribution >= 0.6 is 0 Å². The molecule has 0 spiro atoms. The number of fused-ring (bicyclic) bond motifs is 2. The van der Waals surface area contributed by atoms with E-state index < -0.39 is 5.60 Å². The van der Waals surface area contributed by atoms with E-state index in [0.29, 0.717) is 17.8 Å². The molecule has 0 saturated heterocycles. The predicted molar refractivity (Wildman–Crippen MR) is 67.5 cm³/mol. The first-order valence-corrected chi connectivity index (χ1v) is 6.35. The van der Waals surface area contributed by atoms with Crippen LogP contribution in [0.4, 0.5) is 0 Å². The molecule has 0 aromatic carbocycles. The van der Waals surface area contributed by atoms with Gasteiger partial charge < -0.3 is 9.52 Å². The maximum atomic E-state index is 10.7. The lowest BCUT2D eigenvalue weighted by Crippen LogP contribution is -2.36. The zero-order chi connectivity index (χ0) is 12.3. The quantitative estimate of drug-likeness (QED) is 0.743. The Morgan fingerprint density at radius 2 is 2.00 bits per heavy atom. The second kappa shape index (κ2) is 3.26. The van der Waals surface area contributed by atoms with Gasteiger partial charge in [0.05, 0.1) is 18.1 Å². The first-order valence-electron chi connectivity index (χ1n) is 6.35. The number of rotatable bonds is 0. The van der Waals surface area contributed by atoms with Crippen molar-refractivity contribution < 1.29 is 9.52 Å². The molecule has 2 heteroatoms. The fraction of sp³-hybridized carbons (Fsp3) is 0.600. The minimum Gasteiger partial charge on any atom is -0.472 e. The molecule has 0 radical (unpaired) electrons. The smallest absolute Gasteiger partial charge is 0.0977 e. The van der Waals surface area contributed by atoms with Crippen molar-refractivity contribution in [1.82, 2.24) is 0 Å². The summed E-state index contributed by atoms with van der Waals surface area (Å²) in [6, 6.07) is 0. The van der Waals surface area contributed by atoms with E-state index in [2.05, 4.69) is 19.9 Å². The van der Waals surface area contributed by atoms with Crippen LogP contribution in [-0.2, 0) is 6.42 Å². The van der Waals surface area contributed by atoms with Gasteiger partial charge >= 0.3 is 0 Å². The molecule has 2 aliphatic rings. The molecule has 1 N–H and O–H groups in total. The van der Waals surface area contributed by atoms with Crippen LogP contribution in [0.1, 0.15) is 44.7 Å². The third-order valence-corrected chi connectivity index (χ3v) is 4.30. The average Bonchev–Trinajstić information content (AvgIpc) is 2.69. The molecule has 0 aliphatic heterocycles. The van der Waals surface area contributed by atoms with E-state index in [-0.39, 0.29) is 0 Å². The molecule has 0 bridgehead atoms. The highest BCUT2D eigenvalue weighted by Gasteiger charge is 2.45. The predicted octanol–water partition coefficient (Wildman–Crippen LogP) is 3.41. The van der Waals surface area contributed by atoms with Gasteiger partial charge in [-0.25, -0.2) is 0 Å². The van der Waals surface area contributed by atoms with Crippen molar-refractivity contribution in [3.8, 4) is 0 Å². The van der Waals surface area contributed by atoms with Crippen molar-refractivity contribution >= 4 is 6.08 Å². The van der Waals surface area contributed by atoms with Crippen LogP contribution in [0.3, 0.4) is 0 Å². The summed E-state index contributed by atoms with van der Waals surface area (Å²) in [6.07, 6.45) is 8.66. The molecule has 92 valence electrons. The van der Waals surface area contributed by atoms with E-state index in [1.165, 1.54) is 5.57 Å². The summed E-state index contributed by atoms with van der Waals surface area (Å²) < 4.78 is 5.26. The van der Waals surface area contributed by atoms with Crippen LogP contribution in [0.2, 0.25) is 0 Å². The molecule has 3 rings (SSSR count). The van der Waals surface area contributed by atoms with Crippen molar-refractivity contribution in [1.29, 1.82) is 0 Å². The van der Waals surface area contributed by atoms with Crippen LogP contribution < -0.4 is 0 Å². The van der Waals surface area contributed by atoms with E-state index in [1.807, 2.05) is 6.92 Å². The summed E-state index contributed by atoms with van der Waals surface area (Å²) in [7, 11) is 0. The third-order valence-electron chi connectivity index (χ3n) is 4.30. The van der Waals surface area contributed by atoms with E-state index in [1.54, 1.807) is 12.5 Å². The summed E-state index contributed by atoms with van der Waals surface area (Å²) in [6.45, 7) is 6.54. The standard InChI is InChI=1S/C15H20O2/c1-14(2)5-10-4-11-8-17-9-12(11)6-15(3,16)13(10)7-14/h4,8-9,13,16H,5-7H2,1-3H3. The summed E-state index contributed by atoms with van der Waals surface area (Å²) in [5.74, 6) is 0.296. The Balaban J connectivity index is 2.10. The molecular weight excluding hydrogens is 212 g/mol. The molecule has 0 amide bonds. The Morgan fingerprint density at radius 1 is 1.24 bits per heavy atom. The molecule has 2 nitrogen and oxygen atoms in total. The Labute approximate surface area is 102 Å². The largest absolute Gasteiger partial charge is 0.472 e. The topological polar surface area (TPSA) is 33.4 Å². The van der Waals surface area contributed by atoms with Gasteiger partial charge in [-0.05, 0) is 25.2 Å². The molecule has 1 fully saturated rings. The Bertz CT molecular complexity index is 477. The summed E-state index contributed by atoms with van der Waals surface area (Å²) in [5, 5.41) is 10.7. The molecule has 2 aliphatic carbocycles. The highest BCUT2D eigenvalue weighted by Crippen LogP contribution is 2.51. The minimum atomic E-state index is -0.644. The van der Waals surface area contributed by atoms with Crippen molar-refractivity contribution in [3.05, 3.63) is 29.2 Å². The zero-order valence-electron chi connectivity index (χ0n) is 10.8. The maximum absolute atomic E-state index is 10.7. The van der Waals surface area contributed by atoms with Gasteiger partial charge in [-0.15, -0.1) is 0 Å². The zero-order valence-corrected chi connectivity index (χ0v) is 10.8. The van der Waals surface area contributed by atoms with E-state index in [4.69, 9.17) is 4.42 Å². The highest BCUT2D eigenvalue weighted by atomic mass is 16.3. The second-order valence-electron chi connectivity index (χ2n) is 6.70. The van der Waals surface area contributed by atoms with Gasteiger partial charge in [0, 0.05) is 23.5 Å². The number of hydrogen-bond donors (Lipinski definition) is 1. The average molecular weight is 232 g/mol. The summed E-state index contributed by atoms with van der Waals surface area (Å²) in [4.78, 5) is 0.